The maximum atomic E-state index is 12.9. The molecule has 0 aliphatic rings. The summed E-state index contributed by atoms with van der Waals surface area (Å²) >= 11 is 0. The number of halogens is 4. The number of ether oxygens (including phenoxy) is 1. The summed E-state index contributed by atoms with van der Waals surface area (Å²) in [6.07, 6.45) is -4.80. The van der Waals surface area contributed by atoms with Crippen molar-refractivity contribution in [2.24, 2.45) is 0 Å². The first kappa shape index (κ1) is 14.0. The van der Waals surface area contributed by atoms with Crippen molar-refractivity contribution in [1.82, 2.24) is 0 Å². The highest BCUT2D eigenvalue weighted by Gasteiger charge is 2.34. The molecule has 6 heteroatoms. The summed E-state index contributed by atoms with van der Waals surface area (Å²) in [7, 11) is 0. The Bertz CT molecular complexity index is 509. The van der Waals surface area contributed by atoms with Gasteiger partial charge in [0.1, 0.15) is 5.82 Å². The summed E-state index contributed by atoms with van der Waals surface area (Å²) in [4.78, 5) is 10.9. The molecule has 96 valence electrons. The molecule has 18 heavy (non-hydrogen) atoms. The zero-order valence-electron chi connectivity index (χ0n) is 9.27. The molecular formula is C12H8F4O2. The molecule has 1 aromatic rings. The number of alkyl halides is 3. The normalized spacial score (nSPS) is 10.5. The summed E-state index contributed by atoms with van der Waals surface area (Å²) < 4.78 is 54.5. The Morgan fingerprint density at radius 3 is 2.61 bits per heavy atom. The molecule has 0 spiro atoms. The Morgan fingerprint density at radius 2 is 2.06 bits per heavy atom. The van der Waals surface area contributed by atoms with E-state index in [9.17, 15) is 22.4 Å². The van der Waals surface area contributed by atoms with E-state index in [1.807, 2.05) is 5.92 Å². The van der Waals surface area contributed by atoms with E-state index >= 15 is 0 Å². The topological polar surface area (TPSA) is 26.3 Å². The number of hydrogen-bond acceptors (Lipinski definition) is 2. The summed E-state index contributed by atoms with van der Waals surface area (Å²) in [5.41, 5.74) is -1.53. The SMILES string of the molecule is CCOC(=O)C#Cc1ccc(F)c(C(F)(F)F)c1. The standard InChI is InChI=1S/C12H8F4O2/c1-2-18-11(17)6-4-8-3-5-10(13)9(7-8)12(14,15)16/h3,5,7H,2H2,1H3. The molecule has 0 fully saturated rings. The van der Waals surface area contributed by atoms with Gasteiger partial charge in [0.2, 0.25) is 0 Å². The van der Waals surface area contributed by atoms with Crippen molar-refractivity contribution in [2.45, 2.75) is 13.1 Å². The molecule has 0 saturated carbocycles. The lowest BCUT2D eigenvalue weighted by atomic mass is 10.1. The van der Waals surface area contributed by atoms with Gasteiger partial charge in [0.25, 0.3) is 0 Å². The third-order valence-corrected chi connectivity index (χ3v) is 1.86. The van der Waals surface area contributed by atoms with Gasteiger partial charge >= 0.3 is 12.1 Å². The molecule has 0 saturated heterocycles. The van der Waals surface area contributed by atoms with Gasteiger partial charge in [-0.15, -0.1) is 0 Å². The second-order valence-electron chi connectivity index (χ2n) is 3.16. The van der Waals surface area contributed by atoms with E-state index in [2.05, 4.69) is 10.7 Å². The van der Waals surface area contributed by atoms with Crippen LogP contribution < -0.4 is 0 Å². The number of carbonyl (C=O) groups excluding carboxylic acids is 1. The van der Waals surface area contributed by atoms with Crippen molar-refractivity contribution in [1.29, 1.82) is 0 Å². The first-order chi connectivity index (χ1) is 8.34. The zero-order valence-corrected chi connectivity index (χ0v) is 9.27. The van der Waals surface area contributed by atoms with Gasteiger partial charge < -0.3 is 4.74 Å². The van der Waals surface area contributed by atoms with Gasteiger partial charge in [0, 0.05) is 11.5 Å². The van der Waals surface area contributed by atoms with E-state index < -0.39 is 23.5 Å². The van der Waals surface area contributed by atoms with Crippen molar-refractivity contribution >= 4 is 5.97 Å². The average molecular weight is 260 g/mol. The molecule has 0 aliphatic heterocycles. The highest BCUT2D eigenvalue weighted by atomic mass is 19.4. The van der Waals surface area contributed by atoms with E-state index in [4.69, 9.17) is 0 Å². The Morgan fingerprint density at radius 1 is 1.39 bits per heavy atom. The van der Waals surface area contributed by atoms with Gasteiger partial charge in [-0.05, 0) is 25.1 Å². The highest BCUT2D eigenvalue weighted by Crippen LogP contribution is 2.31. The Hall–Kier alpha value is -2.03. The first-order valence-corrected chi connectivity index (χ1v) is 4.90. The highest BCUT2D eigenvalue weighted by molar-refractivity contribution is 5.89. The van der Waals surface area contributed by atoms with Crippen LogP contribution in [0.4, 0.5) is 17.6 Å². The molecular weight excluding hydrogens is 252 g/mol. The lowest BCUT2D eigenvalue weighted by Crippen LogP contribution is -2.08. The van der Waals surface area contributed by atoms with E-state index in [0.717, 1.165) is 6.07 Å². The fourth-order valence-electron chi connectivity index (χ4n) is 1.11. The molecule has 0 amide bonds. The number of hydrogen-bond donors (Lipinski definition) is 0. The Labute approximate surface area is 101 Å². The monoisotopic (exact) mass is 260 g/mol. The summed E-state index contributed by atoms with van der Waals surface area (Å²) in [5.74, 6) is 1.94. The molecule has 0 unspecified atom stereocenters. The van der Waals surface area contributed by atoms with Gasteiger partial charge in [0.05, 0.1) is 12.2 Å². The molecule has 0 aliphatic carbocycles. The zero-order chi connectivity index (χ0) is 13.8. The fourth-order valence-corrected chi connectivity index (χ4v) is 1.11. The van der Waals surface area contributed by atoms with E-state index in [1.54, 1.807) is 6.92 Å². The van der Waals surface area contributed by atoms with Gasteiger partial charge in [-0.25, -0.2) is 9.18 Å². The number of benzene rings is 1. The van der Waals surface area contributed by atoms with Crippen LogP contribution in [0.5, 0.6) is 0 Å². The molecule has 0 atom stereocenters. The van der Waals surface area contributed by atoms with Crippen LogP contribution in [-0.2, 0) is 15.7 Å². The minimum atomic E-state index is -4.80. The quantitative estimate of drug-likeness (QED) is 0.441. The number of rotatable bonds is 1. The van der Waals surface area contributed by atoms with Gasteiger partial charge in [-0.2, -0.15) is 13.2 Å². The summed E-state index contributed by atoms with van der Waals surface area (Å²) in [5, 5.41) is 0. The number of carbonyl (C=O) groups is 1. The predicted octanol–water partition coefficient (Wildman–Crippen LogP) is 2.76. The minimum Gasteiger partial charge on any atom is -0.456 e. The molecule has 2 nitrogen and oxygen atoms in total. The van der Waals surface area contributed by atoms with Crippen LogP contribution >= 0.6 is 0 Å². The third-order valence-electron chi connectivity index (χ3n) is 1.86. The van der Waals surface area contributed by atoms with Crippen LogP contribution in [0.25, 0.3) is 0 Å². The largest absolute Gasteiger partial charge is 0.456 e. The molecule has 0 N–H and O–H groups in total. The molecule has 0 heterocycles. The van der Waals surface area contributed by atoms with E-state index in [0.29, 0.717) is 12.1 Å². The van der Waals surface area contributed by atoms with Crippen LogP contribution in [0.1, 0.15) is 18.1 Å². The average Bonchev–Trinajstić information content (AvgIpc) is 2.27. The fraction of sp³-hybridized carbons (Fsp3) is 0.250. The number of esters is 1. The lowest BCUT2D eigenvalue weighted by molar-refractivity contribution is -0.140. The maximum absolute atomic E-state index is 12.9. The predicted molar refractivity (Wildman–Crippen MR) is 54.9 cm³/mol. The van der Waals surface area contributed by atoms with Crippen molar-refractivity contribution in [3.8, 4) is 11.8 Å². The first-order valence-electron chi connectivity index (χ1n) is 4.90. The van der Waals surface area contributed by atoms with Crippen LogP contribution in [0.2, 0.25) is 0 Å². The van der Waals surface area contributed by atoms with Crippen molar-refractivity contribution in [3.63, 3.8) is 0 Å². The second kappa shape index (κ2) is 5.54. The van der Waals surface area contributed by atoms with Gasteiger partial charge in [-0.1, -0.05) is 5.92 Å². The minimum absolute atomic E-state index is 0.114. The molecule has 1 aromatic carbocycles. The second-order valence-corrected chi connectivity index (χ2v) is 3.16. The van der Waals surface area contributed by atoms with Crippen LogP contribution in [0, 0.1) is 17.7 Å². The van der Waals surface area contributed by atoms with Gasteiger partial charge in [0.15, 0.2) is 0 Å². The molecule has 0 bridgehead atoms. The van der Waals surface area contributed by atoms with Crippen molar-refractivity contribution in [2.75, 3.05) is 6.61 Å². The van der Waals surface area contributed by atoms with Crippen LogP contribution in [0.3, 0.4) is 0 Å². The summed E-state index contributed by atoms with van der Waals surface area (Å²) in [6, 6.07) is 2.25. The molecule has 0 aromatic heterocycles. The smallest absolute Gasteiger partial charge is 0.419 e. The lowest BCUT2D eigenvalue weighted by Gasteiger charge is -2.07. The van der Waals surface area contributed by atoms with Crippen LogP contribution in [0.15, 0.2) is 18.2 Å². The van der Waals surface area contributed by atoms with E-state index in [1.165, 1.54) is 0 Å². The van der Waals surface area contributed by atoms with Crippen molar-refractivity contribution < 1.29 is 27.1 Å². The third kappa shape index (κ3) is 3.77. The van der Waals surface area contributed by atoms with Crippen molar-refractivity contribution in [3.05, 3.63) is 35.1 Å². The maximum Gasteiger partial charge on any atom is 0.419 e. The van der Waals surface area contributed by atoms with Gasteiger partial charge in [-0.3, -0.25) is 0 Å². The molecule has 0 radical (unpaired) electrons. The Balaban J connectivity index is 3.03. The molecule has 1 rings (SSSR count). The van der Waals surface area contributed by atoms with Crippen LogP contribution in [-0.4, -0.2) is 12.6 Å². The summed E-state index contributed by atoms with van der Waals surface area (Å²) in [6.45, 7) is 1.68. The Kier molecular flexibility index (Phi) is 4.32. The van der Waals surface area contributed by atoms with E-state index in [-0.39, 0.29) is 12.2 Å².